The van der Waals surface area contributed by atoms with E-state index in [0.717, 1.165) is 5.56 Å². The van der Waals surface area contributed by atoms with Crippen molar-refractivity contribution >= 4 is 11.8 Å². The molecule has 0 bridgehead atoms. The van der Waals surface area contributed by atoms with Crippen LogP contribution in [-0.2, 0) is 4.74 Å². The minimum Gasteiger partial charge on any atom is -0.486 e. The maximum atomic E-state index is 13.9. The molecule has 2 unspecified atom stereocenters. The Kier molecular flexibility index (Phi) is 4.70. The summed E-state index contributed by atoms with van der Waals surface area (Å²) in [5, 5.41) is 5.65. The first-order chi connectivity index (χ1) is 14.6. The fraction of sp³-hybridized carbons (Fsp3) is 0.391. The molecule has 2 N–H and O–H groups in total. The van der Waals surface area contributed by atoms with E-state index < -0.39 is 18.7 Å². The molecule has 3 aliphatic rings. The van der Waals surface area contributed by atoms with Crippen LogP contribution in [-0.4, -0.2) is 50.9 Å². The summed E-state index contributed by atoms with van der Waals surface area (Å²) in [6.07, 6.45) is -0.746. The molecule has 2 aromatic carbocycles. The quantitative estimate of drug-likeness (QED) is 0.793. The second-order valence-corrected chi connectivity index (χ2v) is 8.08. The number of nitrogens with one attached hydrogen (secondary N) is 2. The standard InChI is InChI=1S/C23H23FN2O4/c1-25-23(28)15-8-13(22(27)26-20-16-10-29-11-17(16)20)7-14-19(12-5-3-2-4-6-12)18(9-24)30-21(14)15/h2-8,16-20H,9-11H2,1H3,(H,25,28)(H,26,27)/t16-,17+,18?,19-,20?/m0/s1. The van der Waals surface area contributed by atoms with Crippen molar-refractivity contribution in [1.29, 1.82) is 0 Å². The van der Waals surface area contributed by atoms with E-state index in [-0.39, 0.29) is 23.4 Å². The Morgan fingerprint density at radius 2 is 1.83 bits per heavy atom. The Labute approximate surface area is 173 Å². The van der Waals surface area contributed by atoms with Gasteiger partial charge < -0.3 is 20.1 Å². The van der Waals surface area contributed by atoms with Gasteiger partial charge in [-0.1, -0.05) is 30.3 Å². The Hall–Kier alpha value is -2.93. The van der Waals surface area contributed by atoms with Crippen LogP contribution < -0.4 is 15.4 Å². The van der Waals surface area contributed by atoms with Crippen molar-refractivity contribution in [2.24, 2.45) is 11.8 Å². The Bertz CT molecular complexity index is 986. The van der Waals surface area contributed by atoms with Crippen LogP contribution in [0, 0.1) is 11.8 Å². The smallest absolute Gasteiger partial charge is 0.254 e. The molecular formula is C23H23FN2O4. The van der Waals surface area contributed by atoms with Crippen molar-refractivity contribution in [3.63, 3.8) is 0 Å². The van der Waals surface area contributed by atoms with E-state index in [9.17, 15) is 14.0 Å². The fourth-order valence-electron chi connectivity index (χ4n) is 4.73. The highest BCUT2D eigenvalue weighted by Crippen LogP contribution is 2.46. The Morgan fingerprint density at radius 1 is 1.10 bits per heavy atom. The van der Waals surface area contributed by atoms with Gasteiger partial charge in [0.05, 0.1) is 24.7 Å². The first-order valence-corrected chi connectivity index (χ1v) is 10.2. The largest absolute Gasteiger partial charge is 0.486 e. The van der Waals surface area contributed by atoms with Crippen LogP contribution in [0.1, 0.15) is 37.8 Å². The Morgan fingerprint density at radius 3 is 2.50 bits per heavy atom. The molecule has 2 heterocycles. The molecule has 1 saturated heterocycles. The maximum Gasteiger partial charge on any atom is 0.254 e. The molecule has 1 saturated carbocycles. The number of benzene rings is 2. The van der Waals surface area contributed by atoms with Gasteiger partial charge in [-0.15, -0.1) is 0 Å². The predicted molar refractivity (Wildman–Crippen MR) is 108 cm³/mol. The predicted octanol–water partition coefficient (Wildman–Crippen LogP) is 2.28. The van der Waals surface area contributed by atoms with Gasteiger partial charge in [-0.3, -0.25) is 9.59 Å². The van der Waals surface area contributed by atoms with Crippen molar-refractivity contribution < 1.29 is 23.5 Å². The number of amides is 2. The second kappa shape index (κ2) is 7.40. The van der Waals surface area contributed by atoms with Crippen LogP contribution in [0.25, 0.3) is 0 Å². The molecule has 7 heteroatoms. The van der Waals surface area contributed by atoms with Crippen molar-refractivity contribution in [3.8, 4) is 5.75 Å². The van der Waals surface area contributed by atoms with Gasteiger partial charge in [0.1, 0.15) is 18.5 Å². The number of rotatable bonds is 5. The van der Waals surface area contributed by atoms with Crippen LogP contribution in [0.3, 0.4) is 0 Å². The summed E-state index contributed by atoms with van der Waals surface area (Å²) in [6.45, 7) is 0.644. The zero-order chi connectivity index (χ0) is 20.8. The summed E-state index contributed by atoms with van der Waals surface area (Å²) in [5.74, 6) is 0.0909. The summed E-state index contributed by atoms with van der Waals surface area (Å²) in [6, 6.07) is 12.8. The van der Waals surface area contributed by atoms with Gasteiger partial charge in [0.25, 0.3) is 11.8 Å². The molecule has 5 rings (SSSR count). The average Bonchev–Trinajstić information content (AvgIpc) is 3.14. The molecule has 2 amide bonds. The third-order valence-electron chi connectivity index (χ3n) is 6.39. The lowest BCUT2D eigenvalue weighted by molar-refractivity contribution is 0.0929. The van der Waals surface area contributed by atoms with Crippen LogP contribution >= 0.6 is 0 Å². The van der Waals surface area contributed by atoms with Crippen molar-refractivity contribution in [3.05, 3.63) is 64.7 Å². The van der Waals surface area contributed by atoms with Crippen LogP contribution in [0.2, 0.25) is 0 Å². The highest BCUT2D eigenvalue weighted by atomic mass is 19.1. The fourth-order valence-corrected chi connectivity index (χ4v) is 4.73. The number of hydrogen-bond acceptors (Lipinski definition) is 4. The molecule has 6 nitrogen and oxygen atoms in total. The number of carbonyl (C=O) groups excluding carboxylic acids is 2. The van der Waals surface area contributed by atoms with Gasteiger partial charge >= 0.3 is 0 Å². The van der Waals surface area contributed by atoms with E-state index in [4.69, 9.17) is 9.47 Å². The SMILES string of the molecule is CNC(=O)c1cc(C(=O)NC2[C@H]3COC[C@@H]23)cc2c1OC(CF)[C@H]2c1ccccc1. The number of fused-ring (bicyclic) bond motifs is 2. The first kappa shape index (κ1) is 19.1. The normalized spacial score (nSPS) is 28.3. The molecule has 30 heavy (non-hydrogen) atoms. The lowest BCUT2D eigenvalue weighted by Crippen LogP contribution is -2.30. The summed E-state index contributed by atoms with van der Waals surface area (Å²) >= 11 is 0. The van der Waals surface area contributed by atoms with E-state index in [2.05, 4.69) is 10.6 Å². The molecule has 0 spiro atoms. The topological polar surface area (TPSA) is 76.7 Å². The van der Waals surface area contributed by atoms with E-state index >= 15 is 0 Å². The molecule has 0 radical (unpaired) electrons. The number of hydrogen-bond donors (Lipinski definition) is 2. The Balaban J connectivity index is 1.54. The summed E-state index contributed by atoms with van der Waals surface area (Å²) in [4.78, 5) is 25.5. The van der Waals surface area contributed by atoms with E-state index in [1.165, 1.54) is 13.1 Å². The zero-order valence-corrected chi connectivity index (χ0v) is 16.6. The molecule has 2 aliphatic heterocycles. The van der Waals surface area contributed by atoms with Crippen LogP contribution in [0.15, 0.2) is 42.5 Å². The molecule has 1 aliphatic carbocycles. The lowest BCUT2D eigenvalue weighted by Gasteiger charge is -2.16. The number of ether oxygens (including phenoxy) is 2. The van der Waals surface area contributed by atoms with Gasteiger partial charge in [0.2, 0.25) is 0 Å². The van der Waals surface area contributed by atoms with Crippen molar-refractivity contribution in [2.45, 2.75) is 18.1 Å². The van der Waals surface area contributed by atoms with Gasteiger partial charge in [-0.05, 0) is 17.7 Å². The second-order valence-electron chi connectivity index (χ2n) is 8.08. The number of halogens is 1. The first-order valence-electron chi connectivity index (χ1n) is 10.2. The van der Waals surface area contributed by atoms with Crippen LogP contribution in [0.5, 0.6) is 5.75 Å². The summed E-state index contributed by atoms with van der Waals surface area (Å²) in [5.41, 5.74) is 2.17. The van der Waals surface area contributed by atoms with Gasteiger partial charge in [-0.25, -0.2) is 4.39 Å². The average molecular weight is 410 g/mol. The molecular weight excluding hydrogens is 387 g/mol. The summed E-state index contributed by atoms with van der Waals surface area (Å²) < 4.78 is 25.1. The third-order valence-corrected chi connectivity index (χ3v) is 6.39. The van der Waals surface area contributed by atoms with E-state index in [1.54, 1.807) is 6.07 Å². The number of alkyl halides is 1. The zero-order valence-electron chi connectivity index (χ0n) is 16.6. The van der Waals surface area contributed by atoms with E-state index in [0.29, 0.717) is 41.9 Å². The minimum atomic E-state index is -0.746. The third kappa shape index (κ3) is 3.04. The van der Waals surface area contributed by atoms with Gasteiger partial charge in [-0.2, -0.15) is 0 Å². The van der Waals surface area contributed by atoms with Gasteiger partial charge in [0, 0.05) is 36.1 Å². The summed E-state index contributed by atoms with van der Waals surface area (Å²) in [7, 11) is 1.52. The lowest BCUT2D eigenvalue weighted by atomic mass is 9.86. The molecule has 5 atom stereocenters. The van der Waals surface area contributed by atoms with E-state index in [1.807, 2.05) is 30.3 Å². The monoisotopic (exact) mass is 410 g/mol. The van der Waals surface area contributed by atoms with Crippen LogP contribution in [0.4, 0.5) is 4.39 Å². The molecule has 0 aromatic heterocycles. The number of carbonyl (C=O) groups is 2. The van der Waals surface area contributed by atoms with Crippen molar-refractivity contribution in [1.82, 2.24) is 10.6 Å². The molecule has 2 aromatic rings. The molecule has 2 fully saturated rings. The van der Waals surface area contributed by atoms with Gasteiger partial charge in [0.15, 0.2) is 0 Å². The minimum absolute atomic E-state index is 0.114. The van der Waals surface area contributed by atoms with Crippen molar-refractivity contribution in [2.75, 3.05) is 26.9 Å². The highest BCUT2D eigenvalue weighted by molar-refractivity contribution is 6.02. The maximum absolute atomic E-state index is 13.9. The highest BCUT2D eigenvalue weighted by Gasteiger charge is 2.54. The molecule has 156 valence electrons.